The molecule has 0 spiro atoms. The summed E-state index contributed by atoms with van der Waals surface area (Å²) in [5.41, 5.74) is 0. The molecule has 2 heterocycles. The van der Waals surface area contributed by atoms with E-state index in [0.29, 0.717) is 12.5 Å². The first-order valence-electron chi connectivity index (χ1n) is 7.58. The molecule has 5 nitrogen and oxygen atoms in total. The zero-order valence-electron chi connectivity index (χ0n) is 11.9. The van der Waals surface area contributed by atoms with Crippen molar-refractivity contribution in [2.75, 3.05) is 6.54 Å². The van der Waals surface area contributed by atoms with Crippen LogP contribution in [0.2, 0.25) is 5.28 Å². The summed E-state index contributed by atoms with van der Waals surface area (Å²) in [6.07, 6.45) is 10.5. The molecule has 2 fully saturated rings. The van der Waals surface area contributed by atoms with Crippen molar-refractivity contribution in [2.45, 2.75) is 55.9 Å². The molecule has 0 N–H and O–H groups in total. The lowest BCUT2D eigenvalue weighted by molar-refractivity contribution is 0.226. The predicted molar refractivity (Wildman–Crippen MR) is 80.5 cm³/mol. The number of sulfonamides is 1. The molecule has 116 valence electrons. The van der Waals surface area contributed by atoms with Crippen molar-refractivity contribution in [3.05, 3.63) is 17.7 Å². The van der Waals surface area contributed by atoms with Gasteiger partial charge in [-0.05, 0) is 43.2 Å². The number of hydrogen-bond donors (Lipinski definition) is 0. The van der Waals surface area contributed by atoms with Gasteiger partial charge in [0.1, 0.15) is 4.90 Å². The minimum atomic E-state index is -3.50. The second kappa shape index (κ2) is 6.18. The molecule has 7 heteroatoms. The topological polar surface area (TPSA) is 63.2 Å². The maximum atomic E-state index is 12.8. The summed E-state index contributed by atoms with van der Waals surface area (Å²) in [7, 11) is -3.50. The molecule has 1 saturated heterocycles. The third-order valence-corrected chi connectivity index (χ3v) is 6.72. The average Bonchev–Trinajstić information content (AvgIpc) is 2.99. The fourth-order valence-corrected chi connectivity index (χ4v) is 5.37. The third-order valence-electron chi connectivity index (χ3n) is 4.65. The maximum absolute atomic E-state index is 12.8. The zero-order valence-corrected chi connectivity index (χ0v) is 13.5. The van der Waals surface area contributed by atoms with Gasteiger partial charge in [0, 0.05) is 12.6 Å². The van der Waals surface area contributed by atoms with Crippen molar-refractivity contribution < 1.29 is 8.42 Å². The molecular weight excluding hydrogens is 310 g/mol. The highest BCUT2D eigenvalue weighted by molar-refractivity contribution is 7.89. The molecule has 0 aromatic carbocycles. The summed E-state index contributed by atoms with van der Waals surface area (Å²) in [6.45, 7) is 0.603. The smallest absolute Gasteiger partial charge is 0.225 e. The summed E-state index contributed by atoms with van der Waals surface area (Å²) in [5, 5.41) is 0.0687. The standard InChI is InChI=1S/C14H20ClN3O2S/c15-14-16-9-12(10-17-14)21(19,20)18-8-4-7-13(18)11-5-2-1-3-6-11/h9-11,13H,1-8H2. The number of rotatable bonds is 3. The molecule has 0 radical (unpaired) electrons. The van der Waals surface area contributed by atoms with Crippen LogP contribution >= 0.6 is 11.6 Å². The van der Waals surface area contributed by atoms with E-state index in [1.54, 1.807) is 4.31 Å². The van der Waals surface area contributed by atoms with E-state index in [1.807, 2.05) is 0 Å². The summed E-state index contributed by atoms with van der Waals surface area (Å²) in [6, 6.07) is 0.144. The van der Waals surface area contributed by atoms with Gasteiger partial charge < -0.3 is 0 Å². The zero-order chi connectivity index (χ0) is 14.9. The van der Waals surface area contributed by atoms with Gasteiger partial charge in [0.05, 0.1) is 12.4 Å². The minimum absolute atomic E-state index is 0.0687. The minimum Gasteiger partial charge on any atom is -0.225 e. The first-order chi connectivity index (χ1) is 10.1. The Labute approximate surface area is 130 Å². The van der Waals surface area contributed by atoms with Crippen molar-refractivity contribution in [3.8, 4) is 0 Å². The Morgan fingerprint density at radius 1 is 1.05 bits per heavy atom. The molecular formula is C14H20ClN3O2S. The van der Waals surface area contributed by atoms with Crippen LogP contribution < -0.4 is 0 Å². The van der Waals surface area contributed by atoms with Gasteiger partial charge in [0.2, 0.25) is 15.3 Å². The van der Waals surface area contributed by atoms with Crippen LogP contribution in [0.4, 0.5) is 0 Å². The molecule has 3 rings (SSSR count). The van der Waals surface area contributed by atoms with Gasteiger partial charge in [0.25, 0.3) is 0 Å². The van der Waals surface area contributed by atoms with Crippen LogP contribution in [0.15, 0.2) is 17.3 Å². The number of halogens is 1. The quantitative estimate of drug-likeness (QED) is 0.800. The fourth-order valence-electron chi connectivity index (χ4n) is 3.62. The third kappa shape index (κ3) is 3.07. The number of nitrogens with zero attached hydrogens (tertiary/aromatic N) is 3. The van der Waals surface area contributed by atoms with E-state index >= 15 is 0 Å². The lowest BCUT2D eigenvalue weighted by atomic mass is 9.83. The molecule has 1 aromatic heterocycles. The van der Waals surface area contributed by atoms with E-state index in [4.69, 9.17) is 11.6 Å². The van der Waals surface area contributed by atoms with E-state index in [0.717, 1.165) is 25.7 Å². The Hall–Kier alpha value is -0.720. The van der Waals surface area contributed by atoms with E-state index in [2.05, 4.69) is 9.97 Å². The number of aromatic nitrogens is 2. The molecule has 0 bridgehead atoms. The Bertz CT molecular complexity index is 585. The van der Waals surface area contributed by atoms with Crippen LogP contribution in [0, 0.1) is 5.92 Å². The van der Waals surface area contributed by atoms with E-state index in [1.165, 1.54) is 31.7 Å². The van der Waals surface area contributed by atoms with Gasteiger partial charge in [-0.2, -0.15) is 4.31 Å². The highest BCUT2D eigenvalue weighted by atomic mass is 35.5. The van der Waals surface area contributed by atoms with Crippen molar-refractivity contribution in [1.82, 2.24) is 14.3 Å². The monoisotopic (exact) mass is 329 g/mol. The molecule has 1 atom stereocenters. The van der Waals surface area contributed by atoms with Crippen molar-refractivity contribution in [2.24, 2.45) is 5.92 Å². The predicted octanol–water partition coefficient (Wildman–Crippen LogP) is 2.86. The first-order valence-corrected chi connectivity index (χ1v) is 9.40. The Kier molecular flexibility index (Phi) is 4.47. The Morgan fingerprint density at radius 3 is 2.38 bits per heavy atom. The highest BCUT2D eigenvalue weighted by Gasteiger charge is 2.39. The van der Waals surface area contributed by atoms with Gasteiger partial charge in [-0.3, -0.25) is 0 Å². The van der Waals surface area contributed by atoms with Gasteiger partial charge in [-0.25, -0.2) is 18.4 Å². The van der Waals surface area contributed by atoms with Gasteiger partial charge >= 0.3 is 0 Å². The van der Waals surface area contributed by atoms with Gasteiger partial charge in [-0.1, -0.05) is 19.3 Å². The molecule has 1 aliphatic carbocycles. The molecule has 1 aliphatic heterocycles. The lowest BCUT2D eigenvalue weighted by Gasteiger charge is -2.33. The van der Waals surface area contributed by atoms with Crippen LogP contribution in [0.3, 0.4) is 0 Å². The van der Waals surface area contributed by atoms with Crippen LogP contribution in [-0.2, 0) is 10.0 Å². The molecule has 21 heavy (non-hydrogen) atoms. The van der Waals surface area contributed by atoms with Gasteiger partial charge in [-0.15, -0.1) is 0 Å². The molecule has 0 amide bonds. The molecule has 1 unspecified atom stereocenters. The largest absolute Gasteiger partial charge is 0.246 e. The second-order valence-electron chi connectivity index (χ2n) is 5.91. The van der Waals surface area contributed by atoms with Crippen LogP contribution in [-0.4, -0.2) is 35.3 Å². The Balaban J connectivity index is 1.84. The highest BCUT2D eigenvalue weighted by Crippen LogP contribution is 2.36. The SMILES string of the molecule is O=S(=O)(c1cnc(Cl)nc1)N1CCCC1C1CCCCC1. The summed E-state index contributed by atoms with van der Waals surface area (Å²) in [4.78, 5) is 7.75. The van der Waals surface area contributed by atoms with Crippen molar-refractivity contribution in [3.63, 3.8) is 0 Å². The summed E-state index contributed by atoms with van der Waals surface area (Å²) >= 11 is 5.64. The van der Waals surface area contributed by atoms with Crippen LogP contribution in [0.1, 0.15) is 44.9 Å². The van der Waals surface area contributed by atoms with Gasteiger partial charge in [0.15, 0.2) is 0 Å². The maximum Gasteiger partial charge on any atom is 0.246 e. The van der Waals surface area contributed by atoms with E-state index in [-0.39, 0.29) is 16.2 Å². The first kappa shape index (κ1) is 15.2. The molecule has 1 saturated carbocycles. The lowest BCUT2D eigenvalue weighted by Crippen LogP contribution is -2.40. The van der Waals surface area contributed by atoms with E-state index < -0.39 is 10.0 Å². The molecule has 1 aromatic rings. The summed E-state index contributed by atoms with van der Waals surface area (Å²) < 4.78 is 27.3. The van der Waals surface area contributed by atoms with E-state index in [9.17, 15) is 8.42 Å². The molecule has 2 aliphatic rings. The average molecular weight is 330 g/mol. The number of hydrogen-bond acceptors (Lipinski definition) is 4. The Morgan fingerprint density at radius 2 is 1.71 bits per heavy atom. The van der Waals surface area contributed by atoms with Crippen LogP contribution in [0.25, 0.3) is 0 Å². The second-order valence-corrected chi connectivity index (χ2v) is 8.14. The summed E-state index contributed by atoms with van der Waals surface area (Å²) in [5.74, 6) is 0.504. The van der Waals surface area contributed by atoms with Crippen molar-refractivity contribution >= 4 is 21.6 Å². The fraction of sp³-hybridized carbons (Fsp3) is 0.714. The van der Waals surface area contributed by atoms with Crippen LogP contribution in [0.5, 0.6) is 0 Å². The normalized spacial score (nSPS) is 25.3. The van der Waals surface area contributed by atoms with Crippen molar-refractivity contribution in [1.29, 1.82) is 0 Å².